The van der Waals surface area contributed by atoms with Gasteiger partial charge in [0.1, 0.15) is 5.52 Å². The van der Waals surface area contributed by atoms with E-state index in [1.54, 1.807) is 0 Å². The number of nitrogens with zero attached hydrogens (tertiary/aromatic N) is 3. The van der Waals surface area contributed by atoms with Gasteiger partial charge < -0.3 is 10.3 Å². The summed E-state index contributed by atoms with van der Waals surface area (Å²) in [7, 11) is 0. The number of fused-ring (bicyclic) bond motifs is 2. The van der Waals surface area contributed by atoms with E-state index in [1.807, 2.05) is 43.7 Å². The average molecular weight is 288 g/mol. The molecule has 0 unspecified atom stereocenters. The molecule has 0 fully saturated rings. The van der Waals surface area contributed by atoms with Gasteiger partial charge in [0.2, 0.25) is 0 Å². The van der Waals surface area contributed by atoms with Gasteiger partial charge in [0.05, 0.1) is 23.0 Å². The first-order valence-electron chi connectivity index (χ1n) is 7.26. The van der Waals surface area contributed by atoms with Crippen molar-refractivity contribution >= 4 is 27.6 Å². The molecule has 0 saturated carbocycles. The number of para-hydroxylation sites is 1. The average Bonchev–Trinajstić information content (AvgIpc) is 2.95. The highest BCUT2D eigenvalue weighted by molar-refractivity contribution is 5.89. The molecule has 4 nitrogen and oxygen atoms in total. The molecule has 0 amide bonds. The van der Waals surface area contributed by atoms with Gasteiger partial charge >= 0.3 is 0 Å². The summed E-state index contributed by atoms with van der Waals surface area (Å²) < 4.78 is 2.13. The quantitative estimate of drug-likeness (QED) is 0.574. The second-order valence-electron chi connectivity index (χ2n) is 5.52. The molecular weight excluding hydrogens is 272 g/mol. The third-order valence-electron chi connectivity index (χ3n) is 4.13. The SMILES string of the molecule is Cc1ccc2c(ncn2Cc2ccnc3ccccc23)c1N. The molecule has 0 bridgehead atoms. The van der Waals surface area contributed by atoms with E-state index in [1.165, 1.54) is 10.9 Å². The number of aromatic nitrogens is 3. The fraction of sp³-hybridized carbons (Fsp3) is 0.111. The van der Waals surface area contributed by atoms with E-state index in [2.05, 4.69) is 32.7 Å². The van der Waals surface area contributed by atoms with Crippen molar-refractivity contribution in [3.05, 3.63) is 66.1 Å². The number of hydrogen-bond donors (Lipinski definition) is 1. The molecule has 0 aliphatic carbocycles. The molecule has 4 aromatic rings. The summed E-state index contributed by atoms with van der Waals surface area (Å²) in [6.45, 7) is 2.76. The number of nitrogen functional groups attached to an aromatic ring is 1. The Balaban J connectivity index is 1.85. The van der Waals surface area contributed by atoms with Crippen molar-refractivity contribution in [3.8, 4) is 0 Å². The maximum absolute atomic E-state index is 6.13. The van der Waals surface area contributed by atoms with Crippen LogP contribution in [-0.2, 0) is 6.54 Å². The number of hydrogen-bond acceptors (Lipinski definition) is 3. The van der Waals surface area contributed by atoms with Gasteiger partial charge in [-0.05, 0) is 36.2 Å². The van der Waals surface area contributed by atoms with Gasteiger partial charge in [-0.1, -0.05) is 24.3 Å². The Labute approximate surface area is 128 Å². The highest BCUT2D eigenvalue weighted by Gasteiger charge is 2.09. The fourth-order valence-corrected chi connectivity index (χ4v) is 2.86. The summed E-state index contributed by atoms with van der Waals surface area (Å²) in [6.07, 6.45) is 3.71. The van der Waals surface area contributed by atoms with E-state index in [4.69, 9.17) is 5.73 Å². The summed E-state index contributed by atoms with van der Waals surface area (Å²) in [5, 5.41) is 1.17. The Hall–Kier alpha value is -2.88. The van der Waals surface area contributed by atoms with Crippen LogP contribution in [0.1, 0.15) is 11.1 Å². The summed E-state index contributed by atoms with van der Waals surface area (Å²) in [5.74, 6) is 0. The highest BCUT2D eigenvalue weighted by Crippen LogP contribution is 2.25. The number of aryl methyl sites for hydroxylation is 1. The molecule has 0 spiro atoms. The first kappa shape index (κ1) is 12.8. The Kier molecular flexibility index (Phi) is 2.82. The highest BCUT2D eigenvalue weighted by atomic mass is 15.0. The van der Waals surface area contributed by atoms with E-state index >= 15 is 0 Å². The standard InChI is InChI=1S/C18H16N4/c1-12-6-7-16-18(17(12)19)21-11-22(16)10-13-8-9-20-15-5-3-2-4-14(13)15/h2-9,11H,10,19H2,1H3. The largest absolute Gasteiger partial charge is 0.397 e. The predicted molar refractivity (Wildman–Crippen MR) is 89.7 cm³/mol. The number of pyridine rings is 1. The van der Waals surface area contributed by atoms with Crippen LogP contribution in [0.15, 0.2) is 55.0 Å². The van der Waals surface area contributed by atoms with Crippen molar-refractivity contribution in [1.29, 1.82) is 0 Å². The van der Waals surface area contributed by atoms with Gasteiger partial charge in [-0.15, -0.1) is 0 Å². The summed E-state index contributed by atoms with van der Waals surface area (Å²) >= 11 is 0. The maximum atomic E-state index is 6.13. The molecule has 2 N–H and O–H groups in total. The summed E-state index contributed by atoms with van der Waals surface area (Å²) in [4.78, 5) is 8.89. The summed E-state index contributed by atoms with van der Waals surface area (Å²) in [6, 6.07) is 14.4. The van der Waals surface area contributed by atoms with Gasteiger partial charge in [0, 0.05) is 18.1 Å². The van der Waals surface area contributed by atoms with Gasteiger partial charge in [0.15, 0.2) is 0 Å². The van der Waals surface area contributed by atoms with E-state index in [0.717, 1.165) is 34.3 Å². The van der Waals surface area contributed by atoms with Crippen LogP contribution < -0.4 is 5.73 Å². The van der Waals surface area contributed by atoms with Crippen molar-refractivity contribution in [3.63, 3.8) is 0 Å². The zero-order valence-electron chi connectivity index (χ0n) is 12.3. The van der Waals surface area contributed by atoms with Crippen LogP contribution in [-0.4, -0.2) is 14.5 Å². The van der Waals surface area contributed by atoms with Gasteiger partial charge in [-0.3, -0.25) is 4.98 Å². The van der Waals surface area contributed by atoms with Crippen molar-refractivity contribution < 1.29 is 0 Å². The molecule has 22 heavy (non-hydrogen) atoms. The zero-order valence-corrected chi connectivity index (χ0v) is 12.3. The van der Waals surface area contributed by atoms with Crippen molar-refractivity contribution in [1.82, 2.24) is 14.5 Å². The lowest BCUT2D eigenvalue weighted by molar-refractivity contribution is 0.829. The number of nitrogens with two attached hydrogens (primary N) is 1. The first-order valence-corrected chi connectivity index (χ1v) is 7.26. The number of imidazole rings is 1. The molecule has 2 heterocycles. The second-order valence-corrected chi connectivity index (χ2v) is 5.52. The molecule has 4 heteroatoms. The molecule has 2 aromatic carbocycles. The lowest BCUT2D eigenvalue weighted by Gasteiger charge is -2.08. The molecule has 0 aliphatic rings. The lowest BCUT2D eigenvalue weighted by Crippen LogP contribution is -2.00. The second kappa shape index (κ2) is 4.84. The van der Waals surface area contributed by atoms with E-state index < -0.39 is 0 Å². The van der Waals surface area contributed by atoms with Gasteiger partial charge in [-0.25, -0.2) is 4.98 Å². The van der Waals surface area contributed by atoms with Crippen LogP contribution in [0.4, 0.5) is 5.69 Å². The molecule has 0 radical (unpaired) electrons. The molecule has 108 valence electrons. The third kappa shape index (κ3) is 1.92. The van der Waals surface area contributed by atoms with Crippen LogP contribution in [0.5, 0.6) is 0 Å². The molecular formula is C18H16N4. The molecule has 4 rings (SSSR count). The van der Waals surface area contributed by atoms with Gasteiger partial charge in [0.25, 0.3) is 0 Å². The minimum Gasteiger partial charge on any atom is -0.397 e. The summed E-state index contributed by atoms with van der Waals surface area (Å²) in [5.41, 5.74) is 12.1. The molecule has 0 saturated heterocycles. The number of anilines is 1. The van der Waals surface area contributed by atoms with Crippen LogP contribution in [0, 0.1) is 6.92 Å². The van der Waals surface area contributed by atoms with Crippen LogP contribution in [0.2, 0.25) is 0 Å². The number of rotatable bonds is 2. The van der Waals surface area contributed by atoms with Crippen LogP contribution in [0.25, 0.3) is 21.9 Å². The number of benzene rings is 2. The molecule has 2 aromatic heterocycles. The van der Waals surface area contributed by atoms with E-state index in [0.29, 0.717) is 0 Å². The minimum atomic E-state index is 0.752. The van der Waals surface area contributed by atoms with E-state index in [9.17, 15) is 0 Å². The van der Waals surface area contributed by atoms with Crippen molar-refractivity contribution in [2.24, 2.45) is 0 Å². The predicted octanol–water partition coefficient (Wildman–Crippen LogP) is 3.52. The van der Waals surface area contributed by atoms with E-state index in [-0.39, 0.29) is 0 Å². The Morgan fingerprint density at radius 1 is 1.05 bits per heavy atom. The maximum Gasteiger partial charge on any atom is 0.112 e. The fourth-order valence-electron chi connectivity index (χ4n) is 2.86. The van der Waals surface area contributed by atoms with Crippen molar-refractivity contribution in [2.75, 3.05) is 5.73 Å². The smallest absolute Gasteiger partial charge is 0.112 e. The van der Waals surface area contributed by atoms with Gasteiger partial charge in [-0.2, -0.15) is 0 Å². The van der Waals surface area contributed by atoms with Crippen LogP contribution >= 0.6 is 0 Å². The Morgan fingerprint density at radius 2 is 1.91 bits per heavy atom. The monoisotopic (exact) mass is 288 g/mol. The Bertz CT molecular complexity index is 980. The third-order valence-corrected chi connectivity index (χ3v) is 4.13. The molecule has 0 atom stereocenters. The Morgan fingerprint density at radius 3 is 2.82 bits per heavy atom. The molecule has 0 aliphatic heterocycles. The van der Waals surface area contributed by atoms with Crippen molar-refractivity contribution in [2.45, 2.75) is 13.5 Å². The first-order chi connectivity index (χ1) is 10.7. The lowest BCUT2D eigenvalue weighted by atomic mass is 10.1. The zero-order chi connectivity index (χ0) is 15.1. The normalized spacial score (nSPS) is 11.3. The topological polar surface area (TPSA) is 56.7 Å². The minimum absolute atomic E-state index is 0.752. The van der Waals surface area contributed by atoms with Crippen LogP contribution in [0.3, 0.4) is 0 Å².